The van der Waals surface area contributed by atoms with Crippen LogP contribution in [0.25, 0.3) is 0 Å². The fourth-order valence-corrected chi connectivity index (χ4v) is 2.20. The van der Waals surface area contributed by atoms with Gasteiger partial charge in [0.25, 0.3) is 0 Å². The first-order chi connectivity index (χ1) is 9.49. The summed E-state index contributed by atoms with van der Waals surface area (Å²) in [5, 5.41) is 9.10. The molecule has 1 aliphatic rings. The zero-order valence-electron chi connectivity index (χ0n) is 11.5. The molecule has 1 N–H and O–H groups in total. The van der Waals surface area contributed by atoms with E-state index in [1.165, 1.54) is 19.1 Å². The molecule has 1 amide bonds. The molecule has 0 bridgehead atoms. The molecule has 6 nitrogen and oxygen atoms in total. The van der Waals surface area contributed by atoms with Crippen LogP contribution in [0.4, 0.5) is 5.69 Å². The molecule has 1 heterocycles. The van der Waals surface area contributed by atoms with E-state index in [9.17, 15) is 9.59 Å². The normalized spacial score (nSPS) is 14.8. The third-order valence-corrected chi connectivity index (χ3v) is 3.23. The number of hydrogen-bond donors (Lipinski definition) is 1. The molecule has 20 heavy (non-hydrogen) atoms. The topological polar surface area (TPSA) is 76.1 Å². The molecular formula is C14H15NO5. The molecule has 0 aliphatic carbocycles. The number of carbonyl (C=O) groups is 2. The Balaban J connectivity index is 2.55. The SMILES string of the molecule is COc1ccc(OC)c(N2C(=O)CC(C(=O)O)=C2C)c1. The van der Waals surface area contributed by atoms with Crippen LogP contribution in [0, 0.1) is 0 Å². The van der Waals surface area contributed by atoms with Crippen LogP contribution < -0.4 is 14.4 Å². The highest BCUT2D eigenvalue weighted by atomic mass is 16.5. The Labute approximate surface area is 116 Å². The summed E-state index contributed by atoms with van der Waals surface area (Å²) < 4.78 is 10.4. The van der Waals surface area contributed by atoms with E-state index in [0.717, 1.165) is 0 Å². The van der Waals surface area contributed by atoms with E-state index in [0.29, 0.717) is 22.9 Å². The number of rotatable bonds is 4. The second kappa shape index (κ2) is 5.24. The lowest BCUT2D eigenvalue weighted by Gasteiger charge is -2.21. The Kier molecular flexibility index (Phi) is 3.65. The van der Waals surface area contributed by atoms with Crippen LogP contribution >= 0.6 is 0 Å². The number of nitrogens with zero attached hydrogens (tertiary/aromatic N) is 1. The Morgan fingerprint density at radius 3 is 2.50 bits per heavy atom. The smallest absolute Gasteiger partial charge is 0.333 e. The van der Waals surface area contributed by atoms with Crippen molar-refractivity contribution in [1.82, 2.24) is 0 Å². The molecule has 0 saturated carbocycles. The van der Waals surface area contributed by atoms with Crippen molar-refractivity contribution < 1.29 is 24.2 Å². The van der Waals surface area contributed by atoms with Gasteiger partial charge in [-0.3, -0.25) is 9.69 Å². The number of anilines is 1. The average molecular weight is 277 g/mol. The number of carbonyl (C=O) groups excluding carboxylic acids is 1. The molecule has 1 aromatic rings. The summed E-state index contributed by atoms with van der Waals surface area (Å²) in [4.78, 5) is 24.6. The van der Waals surface area contributed by atoms with Gasteiger partial charge < -0.3 is 14.6 Å². The molecular weight excluding hydrogens is 262 g/mol. The third kappa shape index (κ3) is 2.20. The van der Waals surface area contributed by atoms with Crippen molar-refractivity contribution in [2.45, 2.75) is 13.3 Å². The van der Waals surface area contributed by atoms with E-state index in [2.05, 4.69) is 0 Å². The minimum absolute atomic E-state index is 0.0971. The zero-order chi connectivity index (χ0) is 14.9. The van der Waals surface area contributed by atoms with Gasteiger partial charge in [0, 0.05) is 11.8 Å². The summed E-state index contributed by atoms with van der Waals surface area (Å²) in [6.45, 7) is 1.60. The van der Waals surface area contributed by atoms with Crippen molar-refractivity contribution in [3.05, 3.63) is 29.5 Å². The molecule has 0 spiro atoms. The van der Waals surface area contributed by atoms with Crippen LogP contribution in [0.1, 0.15) is 13.3 Å². The number of hydrogen-bond acceptors (Lipinski definition) is 4. The summed E-state index contributed by atoms with van der Waals surface area (Å²) >= 11 is 0. The second-order valence-corrected chi connectivity index (χ2v) is 4.31. The lowest BCUT2D eigenvalue weighted by molar-refractivity contribution is -0.133. The summed E-state index contributed by atoms with van der Waals surface area (Å²) in [5.41, 5.74) is 0.972. The predicted octanol–water partition coefficient (Wildman–Crippen LogP) is 1.80. The number of carboxylic acids is 1. The van der Waals surface area contributed by atoms with E-state index in [-0.39, 0.29) is 17.9 Å². The summed E-state index contributed by atoms with van der Waals surface area (Å²) in [6, 6.07) is 5.03. The average Bonchev–Trinajstić information content (AvgIpc) is 2.73. The van der Waals surface area contributed by atoms with Crippen molar-refractivity contribution in [2.75, 3.05) is 19.1 Å². The van der Waals surface area contributed by atoms with Gasteiger partial charge in [-0.05, 0) is 19.1 Å². The van der Waals surface area contributed by atoms with E-state index < -0.39 is 5.97 Å². The van der Waals surface area contributed by atoms with Crippen molar-refractivity contribution in [3.63, 3.8) is 0 Å². The highest BCUT2D eigenvalue weighted by Crippen LogP contribution is 2.38. The quantitative estimate of drug-likeness (QED) is 0.908. The van der Waals surface area contributed by atoms with Crippen molar-refractivity contribution in [3.8, 4) is 11.5 Å². The zero-order valence-corrected chi connectivity index (χ0v) is 11.5. The van der Waals surface area contributed by atoms with E-state index >= 15 is 0 Å². The maximum Gasteiger partial charge on any atom is 0.333 e. The minimum atomic E-state index is -1.08. The van der Waals surface area contributed by atoms with Crippen molar-refractivity contribution in [2.24, 2.45) is 0 Å². The van der Waals surface area contributed by atoms with E-state index in [4.69, 9.17) is 14.6 Å². The van der Waals surface area contributed by atoms with Crippen LogP contribution in [0.2, 0.25) is 0 Å². The molecule has 0 fully saturated rings. The number of aliphatic carboxylic acids is 1. The summed E-state index contributed by atoms with van der Waals surface area (Å²) in [6.07, 6.45) is -0.123. The van der Waals surface area contributed by atoms with Gasteiger partial charge in [0.05, 0.1) is 31.9 Å². The van der Waals surface area contributed by atoms with Gasteiger partial charge in [-0.2, -0.15) is 0 Å². The molecule has 0 radical (unpaired) electrons. The highest BCUT2D eigenvalue weighted by Gasteiger charge is 2.33. The molecule has 0 aromatic heterocycles. The fraction of sp³-hybridized carbons (Fsp3) is 0.286. The van der Waals surface area contributed by atoms with Crippen LogP contribution in [-0.2, 0) is 9.59 Å². The molecule has 0 saturated heterocycles. The first kappa shape index (κ1) is 13.9. The molecule has 1 aliphatic heterocycles. The Morgan fingerprint density at radius 2 is 2.00 bits per heavy atom. The van der Waals surface area contributed by atoms with Crippen LogP contribution in [-0.4, -0.2) is 31.2 Å². The number of allylic oxidation sites excluding steroid dienone is 1. The van der Waals surface area contributed by atoms with Gasteiger partial charge in [-0.15, -0.1) is 0 Å². The number of amides is 1. The van der Waals surface area contributed by atoms with Crippen molar-refractivity contribution in [1.29, 1.82) is 0 Å². The Hall–Kier alpha value is -2.50. The predicted molar refractivity (Wildman–Crippen MR) is 72.0 cm³/mol. The molecule has 106 valence electrons. The Bertz CT molecular complexity index is 606. The first-order valence-electron chi connectivity index (χ1n) is 5.97. The largest absolute Gasteiger partial charge is 0.497 e. The van der Waals surface area contributed by atoms with Crippen LogP contribution in [0.15, 0.2) is 29.5 Å². The molecule has 1 aromatic carbocycles. The van der Waals surface area contributed by atoms with Crippen LogP contribution in [0.3, 0.4) is 0 Å². The maximum absolute atomic E-state index is 12.1. The van der Waals surface area contributed by atoms with E-state index in [1.54, 1.807) is 25.1 Å². The van der Waals surface area contributed by atoms with E-state index in [1.807, 2.05) is 0 Å². The standard InChI is InChI=1S/C14H15NO5/c1-8-10(14(17)18)7-13(16)15(8)11-6-9(19-2)4-5-12(11)20-3/h4-6H,7H2,1-3H3,(H,17,18). The van der Waals surface area contributed by atoms with Gasteiger partial charge >= 0.3 is 5.97 Å². The van der Waals surface area contributed by atoms with Crippen LogP contribution in [0.5, 0.6) is 11.5 Å². The van der Waals surface area contributed by atoms with Gasteiger partial charge in [0.1, 0.15) is 11.5 Å². The number of carboxylic acid groups (broad SMARTS) is 1. The Morgan fingerprint density at radius 1 is 1.30 bits per heavy atom. The van der Waals surface area contributed by atoms with Gasteiger partial charge in [0.2, 0.25) is 5.91 Å². The molecule has 2 rings (SSSR count). The third-order valence-electron chi connectivity index (χ3n) is 3.23. The number of benzene rings is 1. The van der Waals surface area contributed by atoms with Gasteiger partial charge in [0.15, 0.2) is 0 Å². The lowest BCUT2D eigenvalue weighted by Crippen LogP contribution is -2.24. The number of methoxy groups -OCH3 is 2. The van der Waals surface area contributed by atoms with Crippen molar-refractivity contribution >= 4 is 17.6 Å². The molecule has 0 unspecified atom stereocenters. The van der Waals surface area contributed by atoms with Gasteiger partial charge in [-0.1, -0.05) is 0 Å². The number of ether oxygens (including phenoxy) is 2. The molecule has 0 atom stereocenters. The first-order valence-corrected chi connectivity index (χ1v) is 5.97. The highest BCUT2D eigenvalue weighted by molar-refractivity contribution is 6.09. The fourth-order valence-electron chi connectivity index (χ4n) is 2.20. The minimum Gasteiger partial charge on any atom is -0.497 e. The summed E-state index contributed by atoms with van der Waals surface area (Å²) in [5.74, 6) is -0.345. The lowest BCUT2D eigenvalue weighted by atomic mass is 10.2. The maximum atomic E-state index is 12.1. The molecule has 6 heteroatoms. The van der Waals surface area contributed by atoms with Gasteiger partial charge in [-0.25, -0.2) is 4.79 Å². The summed E-state index contributed by atoms with van der Waals surface area (Å²) in [7, 11) is 3.01. The second-order valence-electron chi connectivity index (χ2n) is 4.31. The monoisotopic (exact) mass is 277 g/mol.